The maximum absolute atomic E-state index is 6.51. The van der Waals surface area contributed by atoms with E-state index >= 15 is 0 Å². The molecule has 4 rings (SSSR count). The van der Waals surface area contributed by atoms with Crippen LogP contribution in [0, 0.1) is 0 Å². The molecule has 0 atom stereocenters. The van der Waals surface area contributed by atoms with E-state index in [0.717, 1.165) is 43.0 Å². The number of halogens is 2. The first kappa shape index (κ1) is 18.8. The highest BCUT2D eigenvalue weighted by molar-refractivity contribution is 9.10. The lowest BCUT2D eigenvalue weighted by molar-refractivity contribution is 0.0523. The lowest BCUT2D eigenvalue weighted by atomic mass is 9.74. The summed E-state index contributed by atoms with van der Waals surface area (Å²) in [6.07, 6.45) is 5.81. The molecule has 5 nitrogen and oxygen atoms in total. The van der Waals surface area contributed by atoms with Gasteiger partial charge in [-0.2, -0.15) is 4.98 Å². The molecule has 0 bridgehead atoms. The Labute approximate surface area is 162 Å². The van der Waals surface area contributed by atoms with Gasteiger partial charge >= 0.3 is 0 Å². The summed E-state index contributed by atoms with van der Waals surface area (Å²) in [7, 11) is 0. The number of ether oxygens (including phenoxy) is 1. The molecule has 0 radical (unpaired) electrons. The molecule has 136 valence electrons. The second-order valence-corrected chi connectivity index (χ2v) is 7.90. The van der Waals surface area contributed by atoms with Crippen molar-refractivity contribution in [3.05, 3.63) is 46.0 Å². The number of aromatic nitrogens is 2. The van der Waals surface area contributed by atoms with Crippen molar-refractivity contribution in [1.82, 2.24) is 10.1 Å². The first-order valence-corrected chi connectivity index (χ1v) is 9.39. The zero-order valence-electron chi connectivity index (χ0n) is 14.0. The number of nitrogens with two attached hydrogens (primary N) is 1. The van der Waals surface area contributed by atoms with Crippen molar-refractivity contribution < 1.29 is 9.26 Å². The minimum atomic E-state index is -0.423. The van der Waals surface area contributed by atoms with Crippen molar-refractivity contribution in [3.63, 3.8) is 0 Å². The van der Waals surface area contributed by atoms with Crippen molar-refractivity contribution in [1.29, 1.82) is 0 Å². The van der Waals surface area contributed by atoms with Crippen LogP contribution >= 0.6 is 28.3 Å². The van der Waals surface area contributed by atoms with Gasteiger partial charge in [0.25, 0.3) is 0 Å². The smallest absolute Gasteiger partial charge is 0.237 e. The average Bonchev–Trinajstić information content (AvgIpc) is 3.26. The first-order chi connectivity index (χ1) is 11.6. The van der Waals surface area contributed by atoms with Crippen LogP contribution in [0.1, 0.15) is 55.8 Å². The Bertz CT molecular complexity index is 707. The van der Waals surface area contributed by atoms with Crippen LogP contribution in [-0.4, -0.2) is 23.4 Å². The molecule has 7 heteroatoms. The zero-order chi connectivity index (χ0) is 16.6. The van der Waals surface area contributed by atoms with Crippen molar-refractivity contribution >= 4 is 28.3 Å². The van der Waals surface area contributed by atoms with Gasteiger partial charge in [-0.15, -0.1) is 12.4 Å². The van der Waals surface area contributed by atoms with E-state index in [9.17, 15) is 0 Å². The minimum absolute atomic E-state index is 0. The normalized spacial score (nSPS) is 21.7. The SMILES string of the molecule is Cl.NC1(c2noc(C3(c4ccc(Br)cc4)CCOCC3)n2)CCCC1. The lowest BCUT2D eigenvalue weighted by Gasteiger charge is -2.34. The van der Waals surface area contributed by atoms with Gasteiger partial charge in [-0.25, -0.2) is 0 Å². The molecule has 1 saturated carbocycles. The zero-order valence-corrected chi connectivity index (χ0v) is 16.4. The number of nitrogens with zero attached hydrogens (tertiary/aromatic N) is 2. The Hall–Kier alpha value is -0.950. The first-order valence-electron chi connectivity index (χ1n) is 8.60. The second kappa shape index (κ2) is 7.35. The highest BCUT2D eigenvalue weighted by Crippen LogP contribution is 2.42. The Morgan fingerprint density at radius 2 is 1.64 bits per heavy atom. The quantitative estimate of drug-likeness (QED) is 0.797. The lowest BCUT2D eigenvalue weighted by Crippen LogP contribution is -2.37. The summed E-state index contributed by atoms with van der Waals surface area (Å²) >= 11 is 3.51. The molecule has 0 unspecified atom stereocenters. The standard InChI is InChI=1S/C18H22BrN3O2.ClH/c19-14-5-3-13(4-6-14)17(9-11-23-12-10-17)16-21-15(22-24-16)18(20)7-1-2-8-18;/h3-6H,1-2,7-12,20H2;1H. The topological polar surface area (TPSA) is 74.2 Å². The molecule has 2 aromatic rings. The van der Waals surface area contributed by atoms with Crippen LogP contribution in [0.2, 0.25) is 0 Å². The molecule has 1 aliphatic carbocycles. The Kier molecular flexibility index (Phi) is 5.54. The van der Waals surface area contributed by atoms with Crippen LogP contribution in [-0.2, 0) is 15.7 Å². The molecular weight excluding hydrogens is 406 g/mol. The maximum Gasteiger partial charge on any atom is 0.237 e. The van der Waals surface area contributed by atoms with Crippen LogP contribution in [0.3, 0.4) is 0 Å². The predicted octanol–water partition coefficient (Wildman–Crippen LogP) is 4.08. The molecule has 2 fully saturated rings. The van der Waals surface area contributed by atoms with Gasteiger partial charge < -0.3 is 15.0 Å². The molecule has 1 aromatic heterocycles. The highest BCUT2D eigenvalue weighted by Gasteiger charge is 2.44. The molecule has 1 aliphatic heterocycles. The Morgan fingerprint density at radius 1 is 1.00 bits per heavy atom. The maximum atomic E-state index is 6.51. The monoisotopic (exact) mass is 427 g/mol. The van der Waals surface area contributed by atoms with Crippen molar-refractivity contribution in [3.8, 4) is 0 Å². The number of hydrogen-bond acceptors (Lipinski definition) is 5. The second-order valence-electron chi connectivity index (χ2n) is 6.99. The van der Waals surface area contributed by atoms with E-state index in [1.165, 1.54) is 5.56 Å². The summed E-state index contributed by atoms with van der Waals surface area (Å²) in [5.41, 5.74) is 7.00. The fourth-order valence-corrected chi connectivity index (χ4v) is 4.23. The molecule has 0 amide bonds. The predicted molar refractivity (Wildman–Crippen MR) is 101 cm³/mol. The van der Waals surface area contributed by atoms with E-state index < -0.39 is 5.54 Å². The van der Waals surface area contributed by atoms with Gasteiger partial charge in [0, 0.05) is 17.7 Å². The fraction of sp³-hybridized carbons (Fsp3) is 0.556. The highest BCUT2D eigenvalue weighted by atomic mass is 79.9. The van der Waals surface area contributed by atoms with Gasteiger partial charge in [-0.3, -0.25) is 0 Å². The largest absolute Gasteiger partial charge is 0.381 e. The summed E-state index contributed by atoms with van der Waals surface area (Å²) in [5.74, 6) is 1.35. The van der Waals surface area contributed by atoms with Crippen LogP contribution in [0.5, 0.6) is 0 Å². The van der Waals surface area contributed by atoms with Crippen LogP contribution in [0.15, 0.2) is 33.3 Å². The van der Waals surface area contributed by atoms with Gasteiger partial charge in [0.2, 0.25) is 5.89 Å². The van der Waals surface area contributed by atoms with Crippen LogP contribution in [0.25, 0.3) is 0 Å². The van der Waals surface area contributed by atoms with Gasteiger partial charge in [0.1, 0.15) is 0 Å². The summed E-state index contributed by atoms with van der Waals surface area (Å²) in [5, 5.41) is 4.27. The summed E-state index contributed by atoms with van der Waals surface area (Å²) in [4.78, 5) is 4.79. The fourth-order valence-electron chi connectivity index (χ4n) is 3.96. The van der Waals surface area contributed by atoms with Crippen molar-refractivity contribution in [2.24, 2.45) is 5.73 Å². The van der Waals surface area contributed by atoms with Gasteiger partial charge in [-0.05, 0) is 43.4 Å². The number of rotatable bonds is 3. The van der Waals surface area contributed by atoms with E-state index in [1.54, 1.807) is 0 Å². The summed E-state index contributed by atoms with van der Waals surface area (Å²) < 4.78 is 12.4. The van der Waals surface area contributed by atoms with Gasteiger partial charge in [0.05, 0.1) is 11.0 Å². The number of benzene rings is 1. The molecule has 25 heavy (non-hydrogen) atoms. The third-order valence-electron chi connectivity index (χ3n) is 5.52. The van der Waals surface area contributed by atoms with E-state index in [0.29, 0.717) is 24.9 Å². The number of hydrogen-bond donors (Lipinski definition) is 1. The van der Waals surface area contributed by atoms with E-state index in [1.807, 2.05) is 0 Å². The van der Waals surface area contributed by atoms with Gasteiger partial charge in [0.15, 0.2) is 5.82 Å². The third kappa shape index (κ3) is 3.37. The van der Waals surface area contributed by atoms with Crippen molar-refractivity contribution in [2.75, 3.05) is 13.2 Å². The van der Waals surface area contributed by atoms with E-state index in [-0.39, 0.29) is 17.8 Å². The Morgan fingerprint density at radius 3 is 2.28 bits per heavy atom. The summed E-state index contributed by atoms with van der Waals surface area (Å²) in [6, 6.07) is 8.39. The molecule has 1 saturated heterocycles. The van der Waals surface area contributed by atoms with Crippen LogP contribution < -0.4 is 5.73 Å². The van der Waals surface area contributed by atoms with Gasteiger partial charge in [-0.1, -0.05) is 46.1 Å². The average molecular weight is 429 g/mol. The third-order valence-corrected chi connectivity index (χ3v) is 6.05. The molecule has 2 aliphatic rings. The molecule has 2 heterocycles. The Balaban J connectivity index is 0.00000182. The van der Waals surface area contributed by atoms with Crippen LogP contribution in [0.4, 0.5) is 0 Å². The van der Waals surface area contributed by atoms with E-state index in [4.69, 9.17) is 20.0 Å². The van der Waals surface area contributed by atoms with E-state index in [2.05, 4.69) is 45.4 Å². The minimum Gasteiger partial charge on any atom is -0.381 e. The molecule has 2 N–H and O–H groups in total. The summed E-state index contributed by atoms with van der Waals surface area (Å²) in [6.45, 7) is 1.39. The molecule has 0 spiro atoms. The van der Waals surface area contributed by atoms with Crippen molar-refractivity contribution in [2.45, 2.75) is 49.5 Å². The molecular formula is C18H23BrClN3O2. The molecule has 1 aromatic carbocycles.